The van der Waals surface area contributed by atoms with Crippen molar-refractivity contribution in [3.8, 4) is 5.88 Å². The number of halogens is 1. The molecule has 1 aliphatic carbocycles. The van der Waals surface area contributed by atoms with E-state index in [0.29, 0.717) is 19.3 Å². The SMILES string of the molecule is CCCCCC(=O)C(Cc1cc(F)cnc1OC1CCCC1N(C(=O)O)C(C)(C)C)C(=O)O. The Morgan fingerprint density at radius 2 is 1.94 bits per heavy atom. The average Bonchev–Trinajstić information content (AvgIpc) is 3.13. The van der Waals surface area contributed by atoms with Gasteiger partial charge in [-0.1, -0.05) is 19.8 Å². The summed E-state index contributed by atoms with van der Waals surface area (Å²) in [5.41, 5.74) is -0.463. The van der Waals surface area contributed by atoms with E-state index in [9.17, 15) is 29.0 Å². The van der Waals surface area contributed by atoms with Crippen LogP contribution >= 0.6 is 0 Å². The normalized spacial score (nSPS) is 19.2. The summed E-state index contributed by atoms with van der Waals surface area (Å²) in [6.07, 6.45) is 3.59. The maximum Gasteiger partial charge on any atom is 0.408 e. The fraction of sp³-hybridized carbons (Fsp3) is 0.667. The van der Waals surface area contributed by atoms with Crippen molar-refractivity contribution in [3.63, 3.8) is 0 Å². The van der Waals surface area contributed by atoms with Crippen molar-refractivity contribution in [3.05, 3.63) is 23.6 Å². The number of hydrogen-bond acceptors (Lipinski definition) is 5. The van der Waals surface area contributed by atoms with Gasteiger partial charge in [-0.15, -0.1) is 0 Å². The van der Waals surface area contributed by atoms with Gasteiger partial charge in [-0.25, -0.2) is 14.2 Å². The first-order valence-corrected chi connectivity index (χ1v) is 11.5. The van der Waals surface area contributed by atoms with E-state index < -0.39 is 47.3 Å². The Labute approximate surface area is 194 Å². The van der Waals surface area contributed by atoms with Crippen LogP contribution in [0.4, 0.5) is 9.18 Å². The van der Waals surface area contributed by atoms with Gasteiger partial charge in [-0.3, -0.25) is 14.5 Å². The molecule has 0 saturated heterocycles. The minimum Gasteiger partial charge on any atom is -0.481 e. The molecule has 2 rings (SSSR count). The van der Waals surface area contributed by atoms with Gasteiger partial charge in [0.25, 0.3) is 0 Å². The molecular formula is C24H35FN2O6. The Balaban J connectivity index is 2.27. The molecule has 1 aromatic heterocycles. The Hall–Kier alpha value is -2.71. The number of unbranched alkanes of at least 4 members (excludes halogenated alkanes) is 2. The lowest BCUT2D eigenvalue weighted by Gasteiger charge is -2.40. The van der Waals surface area contributed by atoms with Gasteiger partial charge < -0.3 is 14.9 Å². The maximum atomic E-state index is 14.0. The van der Waals surface area contributed by atoms with E-state index in [2.05, 4.69) is 4.98 Å². The molecule has 2 N–H and O–H groups in total. The molecule has 8 nitrogen and oxygen atoms in total. The zero-order chi connectivity index (χ0) is 24.8. The largest absolute Gasteiger partial charge is 0.481 e. The summed E-state index contributed by atoms with van der Waals surface area (Å²) in [6.45, 7) is 7.40. The van der Waals surface area contributed by atoms with Gasteiger partial charge in [0.1, 0.15) is 23.6 Å². The molecule has 3 unspecified atom stereocenters. The zero-order valence-corrected chi connectivity index (χ0v) is 19.8. The first kappa shape index (κ1) is 26.5. The van der Waals surface area contributed by atoms with Crippen LogP contribution in [0.25, 0.3) is 0 Å². The zero-order valence-electron chi connectivity index (χ0n) is 19.8. The summed E-state index contributed by atoms with van der Waals surface area (Å²) in [6, 6.07) is 0.716. The molecular weight excluding hydrogens is 431 g/mol. The second-order valence-electron chi connectivity index (χ2n) is 9.61. The molecule has 1 amide bonds. The standard InChI is InChI=1S/C24H35FN2O6/c1-5-6-7-10-19(28)17(22(29)30)13-15-12-16(25)14-26-21(15)33-20-11-8-9-18(20)27(23(31)32)24(2,3)4/h12,14,17-18,20H,5-11,13H2,1-4H3,(H,29,30)(H,31,32). The van der Waals surface area contributed by atoms with E-state index in [1.165, 1.54) is 4.90 Å². The van der Waals surface area contributed by atoms with E-state index in [-0.39, 0.29) is 24.3 Å². The van der Waals surface area contributed by atoms with Crippen molar-refractivity contribution < 1.29 is 33.7 Å². The fourth-order valence-corrected chi connectivity index (χ4v) is 4.41. The second-order valence-corrected chi connectivity index (χ2v) is 9.61. The topological polar surface area (TPSA) is 117 Å². The molecule has 1 aliphatic rings. The molecule has 1 fully saturated rings. The molecule has 1 aromatic rings. The van der Waals surface area contributed by atoms with Crippen molar-refractivity contribution in [1.29, 1.82) is 0 Å². The summed E-state index contributed by atoms with van der Waals surface area (Å²) in [7, 11) is 0. The molecule has 0 aromatic carbocycles. The summed E-state index contributed by atoms with van der Waals surface area (Å²) in [4.78, 5) is 41.7. The number of ether oxygens (including phenoxy) is 1. The van der Waals surface area contributed by atoms with Crippen LogP contribution in [0.1, 0.15) is 78.2 Å². The van der Waals surface area contributed by atoms with Crippen molar-refractivity contribution in [2.24, 2.45) is 5.92 Å². The Bertz CT molecular complexity index is 854. The predicted molar refractivity (Wildman–Crippen MR) is 120 cm³/mol. The second kappa shape index (κ2) is 11.4. The van der Waals surface area contributed by atoms with Gasteiger partial charge in [-0.2, -0.15) is 0 Å². The van der Waals surface area contributed by atoms with E-state index in [0.717, 1.165) is 31.5 Å². The van der Waals surface area contributed by atoms with Crippen LogP contribution in [-0.4, -0.2) is 55.6 Å². The number of pyridine rings is 1. The molecule has 0 bridgehead atoms. The smallest absolute Gasteiger partial charge is 0.408 e. The van der Waals surface area contributed by atoms with Crippen molar-refractivity contribution in [2.45, 2.75) is 96.7 Å². The number of carbonyl (C=O) groups is 3. The van der Waals surface area contributed by atoms with E-state index in [4.69, 9.17) is 4.74 Å². The van der Waals surface area contributed by atoms with Gasteiger partial charge in [0, 0.05) is 17.5 Å². The number of aliphatic carboxylic acids is 1. The van der Waals surface area contributed by atoms with Crippen LogP contribution in [0.5, 0.6) is 5.88 Å². The molecule has 9 heteroatoms. The van der Waals surface area contributed by atoms with Gasteiger partial charge in [0.15, 0.2) is 0 Å². The van der Waals surface area contributed by atoms with Crippen LogP contribution in [0.2, 0.25) is 0 Å². The monoisotopic (exact) mass is 466 g/mol. The van der Waals surface area contributed by atoms with Gasteiger partial charge in [-0.05, 0) is 58.9 Å². The highest BCUT2D eigenvalue weighted by molar-refractivity contribution is 5.98. The van der Waals surface area contributed by atoms with E-state index in [1.807, 2.05) is 6.92 Å². The third-order valence-corrected chi connectivity index (χ3v) is 5.97. The highest BCUT2D eigenvalue weighted by atomic mass is 19.1. The number of Topliss-reactive ketones (excluding diaryl/α,β-unsaturated/α-hetero) is 1. The summed E-state index contributed by atoms with van der Waals surface area (Å²) in [5, 5.41) is 19.4. The van der Waals surface area contributed by atoms with Crippen LogP contribution in [-0.2, 0) is 16.0 Å². The lowest BCUT2D eigenvalue weighted by Crippen LogP contribution is -2.54. The number of aromatic nitrogens is 1. The first-order chi connectivity index (χ1) is 15.5. The maximum absolute atomic E-state index is 14.0. The minimum absolute atomic E-state index is 0.0418. The highest BCUT2D eigenvalue weighted by Gasteiger charge is 2.42. The fourth-order valence-electron chi connectivity index (χ4n) is 4.41. The molecule has 0 radical (unpaired) electrons. The molecule has 1 heterocycles. The lowest BCUT2D eigenvalue weighted by molar-refractivity contribution is -0.146. The highest BCUT2D eigenvalue weighted by Crippen LogP contribution is 2.33. The molecule has 33 heavy (non-hydrogen) atoms. The molecule has 0 spiro atoms. The van der Waals surface area contributed by atoms with Gasteiger partial charge >= 0.3 is 12.1 Å². The van der Waals surface area contributed by atoms with Crippen molar-refractivity contribution >= 4 is 17.8 Å². The predicted octanol–water partition coefficient (Wildman–Crippen LogP) is 4.69. The minimum atomic E-state index is -1.32. The number of carbonyl (C=O) groups excluding carboxylic acids is 1. The lowest BCUT2D eigenvalue weighted by atomic mass is 9.92. The third-order valence-electron chi connectivity index (χ3n) is 5.97. The first-order valence-electron chi connectivity index (χ1n) is 11.5. The summed E-state index contributed by atoms with van der Waals surface area (Å²) in [5.74, 6) is -3.62. The third kappa shape index (κ3) is 7.14. The number of carboxylic acids is 1. The number of nitrogens with zero attached hydrogens (tertiary/aromatic N) is 2. The number of amides is 1. The van der Waals surface area contributed by atoms with E-state index in [1.54, 1.807) is 20.8 Å². The molecule has 0 aliphatic heterocycles. The molecule has 3 atom stereocenters. The Morgan fingerprint density at radius 1 is 1.24 bits per heavy atom. The van der Waals surface area contributed by atoms with Crippen LogP contribution < -0.4 is 4.74 Å². The number of carboxylic acid groups (broad SMARTS) is 2. The Morgan fingerprint density at radius 3 is 2.52 bits per heavy atom. The number of rotatable bonds is 11. The Kier molecular flexibility index (Phi) is 9.19. The van der Waals surface area contributed by atoms with E-state index >= 15 is 0 Å². The van der Waals surface area contributed by atoms with Gasteiger partial charge in [0.2, 0.25) is 5.88 Å². The van der Waals surface area contributed by atoms with Crippen LogP contribution in [0.15, 0.2) is 12.3 Å². The summed E-state index contributed by atoms with van der Waals surface area (Å²) < 4.78 is 20.1. The van der Waals surface area contributed by atoms with Gasteiger partial charge in [0.05, 0.1) is 12.2 Å². The number of ketones is 1. The quantitative estimate of drug-likeness (QED) is 0.359. The summed E-state index contributed by atoms with van der Waals surface area (Å²) >= 11 is 0. The molecule has 184 valence electrons. The van der Waals surface area contributed by atoms with Crippen molar-refractivity contribution in [1.82, 2.24) is 9.88 Å². The van der Waals surface area contributed by atoms with Crippen LogP contribution in [0.3, 0.4) is 0 Å². The molecule has 1 saturated carbocycles. The number of hydrogen-bond donors (Lipinski definition) is 2. The average molecular weight is 467 g/mol. The van der Waals surface area contributed by atoms with Crippen LogP contribution in [0, 0.1) is 11.7 Å². The van der Waals surface area contributed by atoms with Crippen molar-refractivity contribution in [2.75, 3.05) is 0 Å².